The minimum absolute atomic E-state index is 0.0889. The molecule has 4 nitrogen and oxygen atoms in total. The van der Waals surface area contributed by atoms with Crippen LogP contribution in [0.4, 0.5) is 0 Å². The van der Waals surface area contributed by atoms with Gasteiger partial charge >= 0.3 is 0 Å². The van der Waals surface area contributed by atoms with E-state index in [1.807, 2.05) is 6.07 Å². The number of aromatic nitrogens is 3. The van der Waals surface area contributed by atoms with E-state index in [0.717, 1.165) is 11.1 Å². The molecule has 0 unspecified atom stereocenters. The van der Waals surface area contributed by atoms with Crippen LogP contribution in [0, 0.1) is 0 Å². The summed E-state index contributed by atoms with van der Waals surface area (Å²) in [7, 11) is 1.70. The van der Waals surface area contributed by atoms with Crippen molar-refractivity contribution in [3.05, 3.63) is 50.9 Å². The van der Waals surface area contributed by atoms with E-state index in [1.54, 1.807) is 25.4 Å². The Labute approximate surface area is 118 Å². The van der Waals surface area contributed by atoms with Crippen molar-refractivity contribution in [2.45, 2.75) is 0 Å². The third kappa shape index (κ3) is 2.13. The van der Waals surface area contributed by atoms with Gasteiger partial charge in [0.1, 0.15) is 5.82 Å². The number of imidazole rings is 1. The van der Waals surface area contributed by atoms with Crippen LogP contribution < -0.4 is 5.56 Å². The fourth-order valence-corrected chi connectivity index (χ4v) is 2.16. The summed E-state index contributed by atoms with van der Waals surface area (Å²) >= 11 is 11.9. The predicted octanol–water partition coefficient (Wildman–Crippen LogP) is 3.24. The lowest BCUT2D eigenvalue weighted by Gasteiger charge is -1.98. The van der Waals surface area contributed by atoms with E-state index in [9.17, 15) is 4.79 Å². The number of nitrogens with zero attached hydrogens (tertiary/aromatic N) is 2. The van der Waals surface area contributed by atoms with Crippen molar-refractivity contribution < 1.29 is 0 Å². The van der Waals surface area contributed by atoms with Gasteiger partial charge in [0, 0.05) is 24.9 Å². The fraction of sp³-hybridized carbons (Fsp3) is 0.0769. The van der Waals surface area contributed by atoms with E-state index in [-0.39, 0.29) is 5.56 Å². The van der Waals surface area contributed by atoms with Crippen molar-refractivity contribution in [1.29, 1.82) is 0 Å². The molecule has 0 radical (unpaired) electrons. The quantitative estimate of drug-likeness (QED) is 0.749. The van der Waals surface area contributed by atoms with Gasteiger partial charge in [-0.15, -0.1) is 0 Å². The van der Waals surface area contributed by atoms with Gasteiger partial charge < -0.3 is 9.55 Å². The van der Waals surface area contributed by atoms with E-state index in [1.165, 1.54) is 10.6 Å². The molecule has 0 saturated carbocycles. The van der Waals surface area contributed by atoms with Crippen LogP contribution in [-0.4, -0.2) is 14.5 Å². The summed E-state index contributed by atoms with van der Waals surface area (Å²) in [5.41, 5.74) is 2.13. The molecule has 0 saturated heterocycles. The first kappa shape index (κ1) is 12.3. The lowest BCUT2D eigenvalue weighted by molar-refractivity contribution is 0.860. The zero-order chi connectivity index (χ0) is 13.6. The van der Waals surface area contributed by atoms with Gasteiger partial charge in [-0.3, -0.25) is 4.79 Å². The molecular formula is C13H9Cl2N3O. The van der Waals surface area contributed by atoms with Crippen molar-refractivity contribution in [3.8, 4) is 11.4 Å². The number of benzene rings is 1. The van der Waals surface area contributed by atoms with Crippen LogP contribution >= 0.6 is 23.2 Å². The maximum Gasteiger partial charge on any atom is 0.250 e. The summed E-state index contributed by atoms with van der Waals surface area (Å²) in [6, 6.07) is 6.76. The molecule has 19 heavy (non-hydrogen) atoms. The summed E-state index contributed by atoms with van der Waals surface area (Å²) in [6.07, 6.45) is 1.70. The molecule has 0 amide bonds. The minimum Gasteiger partial charge on any atom is -0.338 e. The molecule has 1 N–H and O–H groups in total. The van der Waals surface area contributed by atoms with Gasteiger partial charge in [-0.2, -0.15) is 0 Å². The summed E-state index contributed by atoms with van der Waals surface area (Å²) in [5, 5.41) is 0.921. The highest BCUT2D eigenvalue weighted by atomic mass is 35.5. The molecule has 0 aliphatic heterocycles. The maximum absolute atomic E-state index is 11.6. The second-order valence-electron chi connectivity index (χ2n) is 4.23. The lowest BCUT2D eigenvalue weighted by atomic mass is 10.2. The average molecular weight is 294 g/mol. The largest absolute Gasteiger partial charge is 0.338 e. The summed E-state index contributed by atoms with van der Waals surface area (Å²) in [5.74, 6) is 0.617. The lowest BCUT2D eigenvalue weighted by Crippen LogP contribution is -2.14. The second-order valence-corrected chi connectivity index (χ2v) is 5.05. The minimum atomic E-state index is -0.0889. The molecule has 0 atom stereocenters. The van der Waals surface area contributed by atoms with Gasteiger partial charge in [0.25, 0.3) is 5.56 Å². The number of hydrogen-bond acceptors (Lipinski definition) is 2. The fourth-order valence-electron chi connectivity index (χ4n) is 1.84. The number of aromatic amines is 1. The van der Waals surface area contributed by atoms with Gasteiger partial charge in [-0.05, 0) is 18.2 Å². The van der Waals surface area contributed by atoms with Gasteiger partial charge in [-0.1, -0.05) is 23.2 Å². The summed E-state index contributed by atoms with van der Waals surface area (Å²) < 4.78 is 1.50. The predicted molar refractivity (Wildman–Crippen MR) is 76.8 cm³/mol. The monoisotopic (exact) mass is 293 g/mol. The maximum atomic E-state index is 11.6. The number of halogens is 2. The summed E-state index contributed by atoms with van der Waals surface area (Å²) in [4.78, 5) is 19.1. The van der Waals surface area contributed by atoms with Crippen LogP contribution in [0.1, 0.15) is 0 Å². The molecule has 0 aliphatic rings. The normalized spacial score (nSPS) is 11.1. The Morgan fingerprint density at radius 2 is 1.95 bits per heavy atom. The van der Waals surface area contributed by atoms with Crippen molar-refractivity contribution in [2.24, 2.45) is 7.05 Å². The van der Waals surface area contributed by atoms with Gasteiger partial charge in [0.2, 0.25) is 0 Å². The van der Waals surface area contributed by atoms with Gasteiger partial charge in [-0.25, -0.2) is 4.98 Å². The Hall–Kier alpha value is -1.78. The Bertz CT molecular complexity index is 797. The van der Waals surface area contributed by atoms with Crippen molar-refractivity contribution in [2.75, 3.05) is 0 Å². The third-order valence-electron chi connectivity index (χ3n) is 2.90. The molecule has 0 bridgehead atoms. The highest BCUT2D eigenvalue weighted by Gasteiger charge is 2.08. The van der Waals surface area contributed by atoms with Crippen LogP contribution in [0.5, 0.6) is 0 Å². The molecule has 3 rings (SSSR count). The highest BCUT2D eigenvalue weighted by molar-refractivity contribution is 6.42. The Kier molecular flexibility index (Phi) is 2.84. The number of aryl methyl sites for hydroxylation is 1. The van der Waals surface area contributed by atoms with E-state index >= 15 is 0 Å². The van der Waals surface area contributed by atoms with Crippen molar-refractivity contribution in [1.82, 2.24) is 14.5 Å². The molecule has 0 fully saturated rings. The van der Waals surface area contributed by atoms with E-state index in [2.05, 4.69) is 9.97 Å². The smallest absolute Gasteiger partial charge is 0.250 e. The molecule has 1 aromatic carbocycles. The third-order valence-corrected chi connectivity index (χ3v) is 3.62. The number of pyridine rings is 1. The number of nitrogens with one attached hydrogen (secondary N) is 1. The number of hydrogen-bond donors (Lipinski definition) is 1. The molecule has 0 spiro atoms. The van der Waals surface area contributed by atoms with Crippen LogP contribution in [-0.2, 0) is 7.05 Å². The topological polar surface area (TPSA) is 50.7 Å². The Morgan fingerprint density at radius 3 is 2.68 bits per heavy atom. The first-order valence-electron chi connectivity index (χ1n) is 5.56. The van der Waals surface area contributed by atoms with E-state index < -0.39 is 0 Å². The Morgan fingerprint density at radius 1 is 1.21 bits per heavy atom. The van der Waals surface area contributed by atoms with Gasteiger partial charge in [0.15, 0.2) is 0 Å². The molecular weight excluding hydrogens is 285 g/mol. The average Bonchev–Trinajstić information content (AvgIpc) is 2.76. The molecule has 2 aromatic heterocycles. The van der Waals surface area contributed by atoms with Crippen LogP contribution in [0.15, 0.2) is 35.3 Å². The molecule has 2 heterocycles. The van der Waals surface area contributed by atoms with Crippen LogP contribution in [0.25, 0.3) is 22.4 Å². The molecule has 3 aromatic rings. The van der Waals surface area contributed by atoms with E-state index in [4.69, 9.17) is 23.2 Å². The van der Waals surface area contributed by atoms with Gasteiger partial charge in [0.05, 0.1) is 21.1 Å². The summed E-state index contributed by atoms with van der Waals surface area (Å²) in [6.45, 7) is 0. The van der Waals surface area contributed by atoms with Crippen LogP contribution in [0.2, 0.25) is 10.0 Å². The number of fused-ring (bicyclic) bond motifs is 1. The first-order chi connectivity index (χ1) is 9.04. The number of H-pyrrole nitrogens is 1. The zero-order valence-corrected chi connectivity index (χ0v) is 11.5. The SMILES string of the molecule is Cn1ccc(-c2nc3cc(Cl)c(Cl)cc3[nH]2)cc1=O. The van der Waals surface area contributed by atoms with E-state index in [0.29, 0.717) is 21.4 Å². The molecule has 6 heteroatoms. The van der Waals surface area contributed by atoms with Crippen LogP contribution in [0.3, 0.4) is 0 Å². The Balaban J connectivity index is 2.20. The zero-order valence-electron chi connectivity index (χ0n) is 9.95. The molecule has 96 valence electrons. The molecule has 0 aliphatic carbocycles. The standard InChI is InChI=1S/C13H9Cl2N3O/c1-18-3-2-7(4-12(18)19)13-16-10-5-8(14)9(15)6-11(10)17-13/h2-6H,1H3,(H,16,17). The van der Waals surface area contributed by atoms with Crippen molar-refractivity contribution in [3.63, 3.8) is 0 Å². The highest BCUT2D eigenvalue weighted by Crippen LogP contribution is 2.28. The second kappa shape index (κ2) is 4.40. The first-order valence-corrected chi connectivity index (χ1v) is 6.32. The van der Waals surface area contributed by atoms with Crippen molar-refractivity contribution >= 4 is 34.2 Å². The number of rotatable bonds is 1.